The maximum absolute atomic E-state index is 5.87. The van der Waals surface area contributed by atoms with Crippen LogP contribution in [0.15, 0.2) is 12.7 Å². The Labute approximate surface area is 112 Å². The van der Waals surface area contributed by atoms with Crippen LogP contribution < -0.4 is 11.1 Å². The molecule has 0 atom stereocenters. The highest BCUT2D eigenvalue weighted by Gasteiger charge is 2.08. The van der Waals surface area contributed by atoms with Crippen molar-refractivity contribution in [3.8, 4) is 0 Å². The monoisotopic (exact) mass is 261 g/mol. The molecule has 0 fully saturated rings. The van der Waals surface area contributed by atoms with Gasteiger partial charge in [-0.05, 0) is 6.42 Å². The molecule has 0 spiro atoms. The van der Waals surface area contributed by atoms with Gasteiger partial charge in [0.15, 0.2) is 5.82 Å². The maximum atomic E-state index is 5.87. The van der Waals surface area contributed by atoms with Gasteiger partial charge in [0.2, 0.25) is 0 Å². The number of aryl methyl sites for hydroxylation is 1. The predicted molar refractivity (Wildman–Crippen MR) is 73.6 cm³/mol. The summed E-state index contributed by atoms with van der Waals surface area (Å²) in [4.78, 5) is 12.5. The van der Waals surface area contributed by atoms with Crippen molar-refractivity contribution in [3.63, 3.8) is 0 Å². The summed E-state index contributed by atoms with van der Waals surface area (Å²) in [6.07, 6.45) is 5.80. The second-order valence-electron chi connectivity index (χ2n) is 4.35. The van der Waals surface area contributed by atoms with E-state index in [2.05, 4.69) is 32.3 Å². The minimum atomic E-state index is 0.551. The van der Waals surface area contributed by atoms with Gasteiger partial charge in [-0.15, -0.1) is 0 Å². The first-order valence-corrected chi connectivity index (χ1v) is 6.38. The van der Waals surface area contributed by atoms with E-state index in [4.69, 9.17) is 5.73 Å². The molecular weight excluding hydrogens is 242 g/mol. The molecule has 2 aromatic heterocycles. The number of nitrogens with one attached hydrogen (secondary N) is 1. The zero-order chi connectivity index (χ0) is 13.7. The van der Waals surface area contributed by atoms with Crippen LogP contribution in [0.2, 0.25) is 0 Å². The lowest BCUT2D eigenvalue weighted by Crippen LogP contribution is -2.11. The molecule has 2 aromatic rings. The molecule has 2 heterocycles. The largest absolute Gasteiger partial charge is 0.383 e. The van der Waals surface area contributed by atoms with Crippen LogP contribution >= 0.6 is 0 Å². The van der Waals surface area contributed by atoms with Gasteiger partial charge in [0.05, 0.1) is 0 Å². The van der Waals surface area contributed by atoms with Crippen molar-refractivity contribution in [2.45, 2.75) is 26.2 Å². The molecule has 3 N–H and O–H groups in total. The van der Waals surface area contributed by atoms with Crippen LogP contribution in [-0.4, -0.2) is 31.3 Å². The first kappa shape index (κ1) is 13.3. The summed E-state index contributed by atoms with van der Waals surface area (Å²) >= 11 is 0. The Hall–Kier alpha value is -2.18. The van der Waals surface area contributed by atoms with E-state index in [0.29, 0.717) is 5.82 Å². The Morgan fingerprint density at radius 2 is 2.11 bits per heavy atom. The van der Waals surface area contributed by atoms with Gasteiger partial charge in [-0.1, -0.05) is 13.3 Å². The highest BCUT2D eigenvalue weighted by Crippen LogP contribution is 2.18. The summed E-state index contributed by atoms with van der Waals surface area (Å²) in [5.74, 6) is 2.18. The molecule has 2 rings (SSSR count). The van der Waals surface area contributed by atoms with Gasteiger partial charge < -0.3 is 11.1 Å². The standard InChI is InChI=1S/C12H19N7/c1-3-4-9-11(13)15-7-16-12(9)14-6-5-10-17-8-19(2)18-10/h7-8H,3-6H2,1-2H3,(H3,13,14,15,16). The van der Waals surface area contributed by atoms with Gasteiger partial charge in [0.25, 0.3) is 0 Å². The van der Waals surface area contributed by atoms with E-state index < -0.39 is 0 Å². The van der Waals surface area contributed by atoms with Crippen LogP contribution in [-0.2, 0) is 19.9 Å². The molecule has 0 saturated heterocycles. The lowest BCUT2D eigenvalue weighted by Gasteiger charge is -2.10. The average Bonchev–Trinajstić information content (AvgIpc) is 2.79. The molecular formula is C12H19N7. The summed E-state index contributed by atoms with van der Waals surface area (Å²) in [7, 11) is 1.86. The van der Waals surface area contributed by atoms with Crippen molar-refractivity contribution in [3.05, 3.63) is 24.0 Å². The second-order valence-corrected chi connectivity index (χ2v) is 4.35. The number of aromatic nitrogens is 5. The minimum absolute atomic E-state index is 0.551. The highest BCUT2D eigenvalue weighted by atomic mass is 15.3. The fourth-order valence-electron chi connectivity index (χ4n) is 1.87. The van der Waals surface area contributed by atoms with E-state index in [1.54, 1.807) is 11.0 Å². The summed E-state index contributed by atoms with van der Waals surface area (Å²) in [6, 6.07) is 0. The van der Waals surface area contributed by atoms with Gasteiger partial charge in [0.1, 0.15) is 24.3 Å². The fourth-order valence-corrected chi connectivity index (χ4v) is 1.87. The second kappa shape index (κ2) is 6.12. The molecule has 0 bridgehead atoms. The number of nitrogens with two attached hydrogens (primary N) is 1. The van der Waals surface area contributed by atoms with E-state index in [9.17, 15) is 0 Å². The summed E-state index contributed by atoms with van der Waals surface area (Å²) in [5.41, 5.74) is 6.86. The molecule has 0 saturated carbocycles. The van der Waals surface area contributed by atoms with Crippen molar-refractivity contribution in [1.82, 2.24) is 24.7 Å². The van der Waals surface area contributed by atoms with Crippen LogP contribution in [0.3, 0.4) is 0 Å². The van der Waals surface area contributed by atoms with Crippen molar-refractivity contribution < 1.29 is 0 Å². The molecule has 0 aliphatic carbocycles. The van der Waals surface area contributed by atoms with E-state index in [1.165, 1.54) is 6.33 Å². The van der Waals surface area contributed by atoms with E-state index in [1.807, 2.05) is 7.05 Å². The topological polar surface area (TPSA) is 94.5 Å². The third kappa shape index (κ3) is 3.40. The zero-order valence-corrected chi connectivity index (χ0v) is 11.3. The molecule has 0 aliphatic heterocycles. The third-order valence-electron chi connectivity index (χ3n) is 2.77. The minimum Gasteiger partial charge on any atom is -0.383 e. The van der Waals surface area contributed by atoms with Gasteiger partial charge in [-0.2, -0.15) is 5.10 Å². The maximum Gasteiger partial charge on any atom is 0.152 e. The Kier molecular flexibility index (Phi) is 4.27. The molecule has 0 amide bonds. The Balaban J connectivity index is 1.97. The van der Waals surface area contributed by atoms with E-state index in [0.717, 1.165) is 43.0 Å². The molecule has 0 unspecified atom stereocenters. The number of nitrogen functional groups attached to an aromatic ring is 1. The first-order valence-electron chi connectivity index (χ1n) is 6.38. The quantitative estimate of drug-likeness (QED) is 0.798. The van der Waals surface area contributed by atoms with Gasteiger partial charge >= 0.3 is 0 Å². The SMILES string of the molecule is CCCc1c(N)ncnc1NCCc1ncn(C)n1. The number of hydrogen-bond acceptors (Lipinski definition) is 6. The lowest BCUT2D eigenvalue weighted by atomic mass is 10.1. The lowest BCUT2D eigenvalue weighted by molar-refractivity contribution is 0.741. The summed E-state index contributed by atoms with van der Waals surface area (Å²) in [5, 5.41) is 7.50. The molecule has 102 valence electrons. The zero-order valence-electron chi connectivity index (χ0n) is 11.3. The Morgan fingerprint density at radius 1 is 1.26 bits per heavy atom. The van der Waals surface area contributed by atoms with E-state index in [-0.39, 0.29) is 0 Å². The average molecular weight is 261 g/mol. The first-order chi connectivity index (χ1) is 9.20. The van der Waals surface area contributed by atoms with Crippen LogP contribution in [0, 0.1) is 0 Å². The van der Waals surface area contributed by atoms with Crippen LogP contribution in [0.5, 0.6) is 0 Å². The number of anilines is 2. The third-order valence-corrected chi connectivity index (χ3v) is 2.77. The molecule has 0 radical (unpaired) electrons. The van der Waals surface area contributed by atoms with E-state index >= 15 is 0 Å². The van der Waals surface area contributed by atoms with Crippen molar-refractivity contribution in [2.24, 2.45) is 7.05 Å². The molecule has 7 heteroatoms. The highest BCUT2D eigenvalue weighted by molar-refractivity contribution is 5.54. The van der Waals surface area contributed by atoms with Gasteiger partial charge in [-0.3, -0.25) is 4.68 Å². The smallest absolute Gasteiger partial charge is 0.152 e. The number of nitrogens with zero attached hydrogens (tertiary/aromatic N) is 5. The predicted octanol–water partition coefficient (Wildman–Crippen LogP) is 0.794. The Morgan fingerprint density at radius 3 is 2.79 bits per heavy atom. The molecule has 19 heavy (non-hydrogen) atoms. The molecule has 0 aromatic carbocycles. The van der Waals surface area contributed by atoms with Crippen LogP contribution in [0.4, 0.5) is 11.6 Å². The fraction of sp³-hybridized carbons (Fsp3) is 0.500. The molecule has 0 aliphatic rings. The molecule has 7 nitrogen and oxygen atoms in total. The van der Waals surface area contributed by atoms with Gasteiger partial charge in [0, 0.05) is 25.6 Å². The normalized spacial score (nSPS) is 10.6. The summed E-state index contributed by atoms with van der Waals surface area (Å²) in [6.45, 7) is 2.82. The van der Waals surface area contributed by atoms with Crippen molar-refractivity contribution in [2.75, 3.05) is 17.6 Å². The van der Waals surface area contributed by atoms with Crippen LogP contribution in [0.25, 0.3) is 0 Å². The summed E-state index contributed by atoms with van der Waals surface area (Å²) < 4.78 is 1.69. The number of hydrogen-bond donors (Lipinski definition) is 2. The number of rotatable bonds is 6. The van der Waals surface area contributed by atoms with Gasteiger partial charge in [-0.25, -0.2) is 15.0 Å². The Bertz CT molecular complexity index is 535. The van der Waals surface area contributed by atoms with Crippen LogP contribution in [0.1, 0.15) is 24.7 Å². The van der Waals surface area contributed by atoms with Crippen molar-refractivity contribution >= 4 is 11.6 Å². The van der Waals surface area contributed by atoms with Crippen molar-refractivity contribution in [1.29, 1.82) is 0 Å².